The van der Waals surface area contributed by atoms with E-state index in [0.29, 0.717) is 0 Å². The van der Waals surface area contributed by atoms with Crippen molar-refractivity contribution in [3.63, 3.8) is 0 Å². The Morgan fingerprint density at radius 2 is 0.547 bits per heavy atom. The third-order valence-corrected chi connectivity index (χ3v) is 8.86. The van der Waals surface area contributed by atoms with Crippen LogP contribution in [-0.4, -0.2) is 19.9 Å². The van der Waals surface area contributed by atoms with E-state index < -0.39 is 0 Å². The van der Waals surface area contributed by atoms with Crippen LogP contribution in [0.5, 0.6) is 0 Å². The van der Waals surface area contributed by atoms with E-state index in [2.05, 4.69) is 89.7 Å². The average Bonchev–Trinajstić information content (AvgIpc) is 3.96. The van der Waals surface area contributed by atoms with Gasteiger partial charge in [-0.1, -0.05) is 109 Å². The molecule has 258 valence electrons. The van der Waals surface area contributed by atoms with Crippen molar-refractivity contribution in [3.8, 4) is 0 Å². The van der Waals surface area contributed by atoms with Crippen molar-refractivity contribution in [2.75, 3.05) is 21.3 Å². The van der Waals surface area contributed by atoms with Crippen LogP contribution in [0.25, 0.3) is 43.1 Å². The van der Waals surface area contributed by atoms with Gasteiger partial charge >= 0.3 is 17.1 Å². The molecule has 0 saturated carbocycles. The molecule has 0 atom stereocenters. The largest absolute Gasteiger partial charge is 2.00 e. The Bertz CT molecular complexity index is 2220. The van der Waals surface area contributed by atoms with Gasteiger partial charge in [0.2, 0.25) is 0 Å². The van der Waals surface area contributed by atoms with E-state index >= 15 is 0 Å². The van der Waals surface area contributed by atoms with Gasteiger partial charge in [0.1, 0.15) is 0 Å². The average molecular weight is 733 g/mol. The molecule has 0 aliphatic carbocycles. The van der Waals surface area contributed by atoms with Crippen molar-refractivity contribution in [2.45, 2.75) is 0 Å². The molecule has 53 heavy (non-hydrogen) atoms. The fourth-order valence-corrected chi connectivity index (χ4v) is 6.49. The summed E-state index contributed by atoms with van der Waals surface area (Å²) in [5.74, 6) is 6.55. The van der Waals surface area contributed by atoms with Crippen LogP contribution in [-0.2, 0) is 17.1 Å². The maximum absolute atomic E-state index is 5.04. The molecule has 1 aliphatic heterocycles. The quantitative estimate of drug-likeness (QED) is 0.0849. The van der Waals surface area contributed by atoms with Crippen LogP contribution in [0.3, 0.4) is 0 Å². The maximum atomic E-state index is 5.04. The Kier molecular flexibility index (Phi) is 9.23. The summed E-state index contributed by atoms with van der Waals surface area (Å²) in [7, 11) is 0. The van der Waals surface area contributed by atoms with E-state index in [9.17, 15) is 0 Å². The van der Waals surface area contributed by atoms with Gasteiger partial charge in [-0.25, -0.2) is 0 Å². The Labute approximate surface area is 315 Å². The molecule has 11 heteroatoms. The Morgan fingerprint density at radius 1 is 0.302 bits per heavy atom. The van der Waals surface area contributed by atoms with E-state index in [-0.39, 0.29) is 17.1 Å². The summed E-state index contributed by atoms with van der Waals surface area (Å²) in [5, 5.41) is 22.8. The van der Waals surface area contributed by atoms with E-state index in [1.54, 1.807) is 24.8 Å². The second-order valence-electron chi connectivity index (χ2n) is 12.1. The first kappa shape index (κ1) is 33.2. The number of pyridine rings is 2. The normalized spacial score (nSPS) is 11.5. The molecule has 0 fully saturated rings. The zero-order chi connectivity index (χ0) is 34.7. The molecule has 11 rings (SSSR count). The molecule has 0 spiro atoms. The molecule has 6 N–H and O–H groups in total. The minimum Gasteiger partial charge on any atom is -0.400 e. The van der Waals surface area contributed by atoms with Crippen molar-refractivity contribution >= 4 is 89.6 Å². The number of benzene rings is 4. The number of H-pyrrole nitrogens is 2. The molecule has 1 aliphatic rings. The van der Waals surface area contributed by atoms with Gasteiger partial charge in [-0.15, -0.1) is 0 Å². The van der Waals surface area contributed by atoms with Crippen molar-refractivity contribution in [2.24, 2.45) is 0 Å². The van der Waals surface area contributed by atoms with Crippen molar-refractivity contribution < 1.29 is 17.1 Å². The topological polar surface area (TPSA) is 134 Å². The summed E-state index contributed by atoms with van der Waals surface area (Å²) in [6, 6.07) is 44.6. The van der Waals surface area contributed by atoms with Crippen LogP contribution in [0.1, 0.15) is 0 Å². The summed E-state index contributed by atoms with van der Waals surface area (Å²) in [6.45, 7) is 0. The molecular weight excluding hydrogens is 700 g/mol. The fraction of sp³-hybridized carbons (Fsp3) is 0. The minimum absolute atomic E-state index is 0. The number of aromatic nitrogens is 6. The smallest absolute Gasteiger partial charge is 0.400 e. The summed E-state index contributed by atoms with van der Waals surface area (Å²) >= 11 is 0. The third-order valence-electron chi connectivity index (χ3n) is 8.86. The first-order valence-corrected chi connectivity index (χ1v) is 16.9. The zero-order valence-electron chi connectivity index (χ0n) is 28.2. The van der Waals surface area contributed by atoms with Gasteiger partial charge in [-0.2, -0.15) is 0 Å². The summed E-state index contributed by atoms with van der Waals surface area (Å²) < 4.78 is 0. The van der Waals surface area contributed by atoms with Crippen LogP contribution in [0.2, 0.25) is 0 Å². The molecule has 0 radical (unpaired) electrons. The molecule has 4 aromatic carbocycles. The molecule has 8 bridgehead atoms. The van der Waals surface area contributed by atoms with Crippen LogP contribution < -0.4 is 31.2 Å². The monoisotopic (exact) mass is 732 g/mol. The van der Waals surface area contributed by atoms with Crippen molar-refractivity contribution in [1.29, 1.82) is 0 Å². The number of hydrogen-bond acceptors (Lipinski definition) is 6. The summed E-state index contributed by atoms with van der Waals surface area (Å²) in [4.78, 5) is 24.8. The van der Waals surface area contributed by atoms with Gasteiger partial charge in [-0.3, -0.25) is 9.97 Å². The van der Waals surface area contributed by atoms with Gasteiger partial charge < -0.3 is 41.2 Å². The Hall–Kier alpha value is -6.94. The van der Waals surface area contributed by atoms with Gasteiger partial charge in [0.15, 0.2) is 0 Å². The molecule has 7 heterocycles. The van der Waals surface area contributed by atoms with Crippen LogP contribution in [0.15, 0.2) is 158 Å². The zero-order valence-corrected chi connectivity index (χ0v) is 29.3. The van der Waals surface area contributed by atoms with E-state index in [1.807, 2.05) is 84.9 Å². The molecule has 6 aromatic heterocycles. The summed E-state index contributed by atoms with van der Waals surface area (Å²) in [5.41, 5.74) is 0. The number of rotatable bonds is 0. The van der Waals surface area contributed by atoms with E-state index in [1.165, 1.54) is 0 Å². The SMILES string of the molecule is [Fe+2].c1ccc2c3[n-]c(c2c1)Nc1[nH]c(c2ccccc12)Nc1[n-]c(c2ccccc12)Nc1[nH]c(c2ccccc12)N3.c1ccncc1.c1ccncc1. The first-order chi connectivity index (χ1) is 25.8. The molecule has 10 aromatic rings. The van der Waals surface area contributed by atoms with Gasteiger partial charge in [0.25, 0.3) is 0 Å². The van der Waals surface area contributed by atoms with Crippen molar-refractivity contribution in [1.82, 2.24) is 29.9 Å². The number of nitrogens with zero attached hydrogens (tertiary/aromatic N) is 4. The molecular formula is C42H32FeN10. The number of fused-ring (bicyclic) bond motifs is 20. The van der Waals surface area contributed by atoms with Crippen molar-refractivity contribution in [3.05, 3.63) is 158 Å². The number of anilines is 8. The third kappa shape index (κ3) is 6.54. The molecule has 10 nitrogen and oxygen atoms in total. The number of hydrogen-bond donors (Lipinski definition) is 6. The second-order valence-corrected chi connectivity index (χ2v) is 12.1. The predicted octanol–water partition coefficient (Wildman–Crippen LogP) is 10.3. The van der Waals surface area contributed by atoms with Crippen LogP contribution in [0.4, 0.5) is 46.5 Å². The summed E-state index contributed by atoms with van der Waals surface area (Å²) in [6.07, 6.45) is 7.00. The van der Waals surface area contributed by atoms with Crippen LogP contribution >= 0.6 is 0 Å². The van der Waals surface area contributed by atoms with E-state index in [4.69, 9.17) is 9.97 Å². The second kappa shape index (κ2) is 14.7. The molecule has 0 unspecified atom stereocenters. The fourth-order valence-electron chi connectivity index (χ4n) is 6.49. The molecule has 0 saturated heterocycles. The van der Waals surface area contributed by atoms with Gasteiger partial charge in [0, 0.05) is 69.6 Å². The predicted molar refractivity (Wildman–Crippen MR) is 213 cm³/mol. The van der Waals surface area contributed by atoms with E-state index in [0.717, 1.165) is 89.6 Å². The molecule has 0 amide bonds. The van der Waals surface area contributed by atoms with Crippen LogP contribution in [0, 0.1) is 0 Å². The Balaban J connectivity index is 0.000000263. The number of aromatic amines is 2. The Morgan fingerprint density at radius 3 is 0.755 bits per heavy atom. The first-order valence-electron chi connectivity index (χ1n) is 16.9. The maximum Gasteiger partial charge on any atom is 2.00 e. The minimum atomic E-state index is 0. The standard InChI is InChI=1S/C32H22N8.2C5H5N.Fe/c1-2-10-18-17(9-1)25-33-26(18)38-28-21-13-5-6-14-22(21)30(35-28)40-32-24-16-8-7-15-23(24)31(36-32)39-29-20-12-4-3-11-19(20)27(34-29)37-25;2*1-2-4-6-5-3-1;/h1-16,33,36-40H;2*1-5H;/q-2;;;+2. The van der Waals surface area contributed by atoms with Gasteiger partial charge in [-0.05, 0) is 45.8 Å². The number of nitrogens with one attached hydrogen (secondary N) is 6. The van der Waals surface area contributed by atoms with Gasteiger partial charge in [0.05, 0.1) is 23.3 Å².